The molecule has 0 saturated heterocycles. The van der Waals surface area contributed by atoms with Gasteiger partial charge in [-0.1, -0.05) is 30.1 Å². The van der Waals surface area contributed by atoms with Gasteiger partial charge in [-0.15, -0.1) is 0 Å². The molecule has 1 aliphatic carbocycles. The molecular weight excluding hydrogens is 371 g/mol. The van der Waals surface area contributed by atoms with Gasteiger partial charge in [-0.25, -0.2) is 4.79 Å². The van der Waals surface area contributed by atoms with E-state index in [0.29, 0.717) is 17.7 Å². The Morgan fingerprint density at radius 3 is 1.97 bits per heavy atom. The minimum atomic E-state index is -1.48. The van der Waals surface area contributed by atoms with E-state index in [1.54, 1.807) is 45.0 Å². The summed E-state index contributed by atoms with van der Waals surface area (Å²) in [6.07, 6.45) is 0.191. The molecule has 0 bridgehead atoms. The molecule has 154 valence electrons. The van der Waals surface area contributed by atoms with Crippen molar-refractivity contribution in [3.63, 3.8) is 0 Å². The zero-order valence-electron chi connectivity index (χ0n) is 17.2. The second-order valence-electron chi connectivity index (χ2n) is 7.05. The highest BCUT2D eigenvalue weighted by molar-refractivity contribution is 6.14. The predicted octanol–water partition coefficient (Wildman–Crippen LogP) is 3.37. The topological polar surface area (TPSA) is 78.9 Å². The van der Waals surface area contributed by atoms with E-state index >= 15 is 0 Å². The van der Waals surface area contributed by atoms with E-state index in [1.807, 2.05) is 0 Å². The Hall–Kier alpha value is -2.57. The lowest BCUT2D eigenvalue weighted by Crippen LogP contribution is -2.46. The number of carbonyl (C=O) groups is 3. The second-order valence-corrected chi connectivity index (χ2v) is 7.05. The third-order valence-electron chi connectivity index (χ3n) is 5.09. The lowest BCUT2D eigenvalue weighted by atomic mass is 9.55. The smallest absolute Gasteiger partial charge is 0.338 e. The zero-order chi connectivity index (χ0) is 21.6. The molecule has 1 saturated carbocycles. The molecule has 1 aromatic carbocycles. The van der Waals surface area contributed by atoms with Crippen molar-refractivity contribution in [3.8, 4) is 0 Å². The molecule has 0 aromatic heterocycles. The zero-order valence-corrected chi connectivity index (χ0v) is 17.2. The molecule has 1 aromatic rings. The van der Waals surface area contributed by atoms with Crippen LogP contribution in [0.5, 0.6) is 0 Å². The van der Waals surface area contributed by atoms with Crippen LogP contribution in [0.25, 0.3) is 0 Å². The van der Waals surface area contributed by atoms with Crippen molar-refractivity contribution in [2.24, 2.45) is 5.41 Å². The van der Waals surface area contributed by atoms with Gasteiger partial charge in [-0.2, -0.15) is 0 Å². The van der Waals surface area contributed by atoms with Crippen LogP contribution in [-0.4, -0.2) is 45.6 Å². The van der Waals surface area contributed by atoms with Crippen LogP contribution in [0.1, 0.15) is 55.5 Å². The van der Waals surface area contributed by atoms with Gasteiger partial charge in [-0.3, -0.25) is 9.59 Å². The molecule has 2 radical (unpaired) electrons. The Balaban J connectivity index is 2.30. The molecule has 7 heteroatoms. The number of hydrogen-bond acceptors (Lipinski definition) is 6. The first-order valence-electron chi connectivity index (χ1n) is 9.85. The Morgan fingerprint density at radius 1 is 1.00 bits per heavy atom. The maximum absolute atomic E-state index is 12.7. The van der Waals surface area contributed by atoms with E-state index in [-0.39, 0.29) is 32.0 Å². The first-order chi connectivity index (χ1) is 13.8. The molecule has 2 rings (SSSR count). The predicted molar refractivity (Wildman–Crippen MR) is 109 cm³/mol. The molecule has 0 heterocycles. The fourth-order valence-corrected chi connectivity index (χ4v) is 3.85. The van der Waals surface area contributed by atoms with E-state index in [4.69, 9.17) is 22.1 Å². The summed E-state index contributed by atoms with van der Waals surface area (Å²) in [5.41, 5.74) is 0.466. The number of esters is 3. The van der Waals surface area contributed by atoms with Crippen molar-refractivity contribution in [1.29, 1.82) is 0 Å². The summed E-state index contributed by atoms with van der Waals surface area (Å²) in [6, 6.07) is 6.94. The van der Waals surface area contributed by atoms with Gasteiger partial charge in [0, 0.05) is 0 Å². The van der Waals surface area contributed by atoms with E-state index in [0.717, 1.165) is 5.56 Å². The van der Waals surface area contributed by atoms with Crippen LogP contribution < -0.4 is 0 Å². The Bertz CT molecular complexity index is 752. The SMILES string of the molecule is [B][C@H]1CC(C(=O)OCC)(C(=O)OCC)CC(=C)[C@@H]1c1ccc(C(=O)OCC)cc1. The number of ether oxygens (including phenoxy) is 3. The van der Waals surface area contributed by atoms with Crippen molar-refractivity contribution in [2.75, 3.05) is 19.8 Å². The average molecular weight is 398 g/mol. The van der Waals surface area contributed by atoms with Crippen LogP contribution in [0.2, 0.25) is 5.82 Å². The molecule has 6 nitrogen and oxygen atoms in total. The van der Waals surface area contributed by atoms with Crippen LogP contribution in [-0.2, 0) is 23.8 Å². The summed E-state index contributed by atoms with van der Waals surface area (Å²) < 4.78 is 15.3. The maximum atomic E-state index is 12.7. The van der Waals surface area contributed by atoms with Crippen LogP contribution in [0.15, 0.2) is 36.4 Å². The Kier molecular flexibility index (Phi) is 7.65. The summed E-state index contributed by atoms with van der Waals surface area (Å²) in [6.45, 7) is 9.82. The van der Waals surface area contributed by atoms with Crippen molar-refractivity contribution in [2.45, 2.75) is 45.3 Å². The minimum absolute atomic E-state index is 0.0913. The molecular formula is C22H27BO6. The van der Waals surface area contributed by atoms with Gasteiger partial charge in [0.1, 0.15) is 0 Å². The molecule has 2 atom stereocenters. The summed E-state index contributed by atoms with van der Waals surface area (Å²) in [5, 5.41) is 0. The molecule has 1 aliphatic rings. The molecule has 0 amide bonds. The third-order valence-corrected chi connectivity index (χ3v) is 5.09. The summed E-state index contributed by atoms with van der Waals surface area (Å²) >= 11 is 0. The number of hydrogen-bond donors (Lipinski definition) is 0. The van der Waals surface area contributed by atoms with Crippen LogP contribution in [0, 0.1) is 5.41 Å². The lowest BCUT2D eigenvalue weighted by Gasteiger charge is -2.42. The largest absolute Gasteiger partial charge is 0.465 e. The van der Waals surface area contributed by atoms with Crippen molar-refractivity contribution < 1.29 is 28.6 Å². The van der Waals surface area contributed by atoms with E-state index < -0.39 is 29.1 Å². The maximum Gasteiger partial charge on any atom is 0.338 e. The van der Waals surface area contributed by atoms with E-state index in [9.17, 15) is 14.4 Å². The number of allylic oxidation sites excluding steroid dienone is 1. The summed E-state index contributed by atoms with van der Waals surface area (Å²) in [7, 11) is 6.42. The monoisotopic (exact) mass is 398 g/mol. The molecule has 0 unspecified atom stereocenters. The fraction of sp³-hybridized carbons (Fsp3) is 0.500. The van der Waals surface area contributed by atoms with Crippen LogP contribution in [0.3, 0.4) is 0 Å². The van der Waals surface area contributed by atoms with Crippen molar-refractivity contribution in [3.05, 3.63) is 47.5 Å². The Morgan fingerprint density at radius 2 is 1.52 bits per heavy atom. The average Bonchev–Trinajstić information content (AvgIpc) is 2.68. The Labute approximate surface area is 173 Å². The van der Waals surface area contributed by atoms with Crippen molar-refractivity contribution in [1.82, 2.24) is 0 Å². The van der Waals surface area contributed by atoms with Gasteiger partial charge in [0.2, 0.25) is 0 Å². The van der Waals surface area contributed by atoms with Crippen LogP contribution >= 0.6 is 0 Å². The summed E-state index contributed by atoms with van der Waals surface area (Å²) in [5.74, 6) is -2.46. The molecule has 1 fully saturated rings. The first kappa shape index (κ1) is 22.7. The number of rotatable bonds is 7. The van der Waals surface area contributed by atoms with Gasteiger partial charge in [0.15, 0.2) is 5.41 Å². The first-order valence-corrected chi connectivity index (χ1v) is 9.85. The fourth-order valence-electron chi connectivity index (χ4n) is 3.85. The lowest BCUT2D eigenvalue weighted by molar-refractivity contribution is -0.173. The second kappa shape index (κ2) is 9.77. The molecule has 29 heavy (non-hydrogen) atoms. The van der Waals surface area contributed by atoms with Gasteiger partial charge in [0.05, 0.1) is 33.2 Å². The molecule has 0 spiro atoms. The number of benzene rings is 1. The van der Waals surface area contributed by atoms with Gasteiger partial charge >= 0.3 is 17.9 Å². The number of carbonyl (C=O) groups excluding carboxylic acids is 3. The van der Waals surface area contributed by atoms with E-state index in [1.165, 1.54) is 0 Å². The highest BCUT2D eigenvalue weighted by atomic mass is 16.6. The van der Waals surface area contributed by atoms with Gasteiger partial charge in [-0.05, 0) is 57.2 Å². The van der Waals surface area contributed by atoms with Crippen LogP contribution in [0.4, 0.5) is 0 Å². The van der Waals surface area contributed by atoms with E-state index in [2.05, 4.69) is 6.58 Å². The molecule has 0 N–H and O–H groups in total. The highest BCUT2D eigenvalue weighted by Gasteiger charge is 2.54. The standard InChI is InChI=1S/C22H27BO6/c1-5-27-19(24)16-10-8-15(9-11-16)18-14(4)12-22(13-17(18)23,20(25)28-6-2)21(26)29-7-3/h8-11,17-18H,4-7,12-13H2,1-3H3/t17-,18+/m0/s1. The highest BCUT2D eigenvalue weighted by Crippen LogP contribution is 2.52. The molecule has 0 aliphatic heterocycles. The van der Waals surface area contributed by atoms with Gasteiger partial charge in [0.25, 0.3) is 0 Å². The van der Waals surface area contributed by atoms with Gasteiger partial charge < -0.3 is 14.2 Å². The summed E-state index contributed by atoms with van der Waals surface area (Å²) in [4.78, 5) is 37.2. The third kappa shape index (κ3) is 4.71. The normalized spacial score (nSPS) is 20.6. The quantitative estimate of drug-likeness (QED) is 0.230. The minimum Gasteiger partial charge on any atom is -0.465 e. The van der Waals surface area contributed by atoms with Crippen molar-refractivity contribution >= 4 is 25.8 Å².